The first-order valence-corrected chi connectivity index (χ1v) is 7.19. The van der Waals surface area contributed by atoms with Gasteiger partial charge in [-0.25, -0.2) is 0 Å². The molecule has 0 saturated heterocycles. The molecule has 16 heavy (non-hydrogen) atoms. The summed E-state index contributed by atoms with van der Waals surface area (Å²) in [5.74, 6) is 0.694. The van der Waals surface area contributed by atoms with E-state index in [1.165, 1.54) is 57.8 Å². The monoisotopic (exact) mass is 225 g/mol. The number of rotatable bonds is 4. The SMILES string of the molecule is CCC1CCCC1(CO)NC1CCCCC1. The minimum Gasteiger partial charge on any atom is -0.394 e. The van der Waals surface area contributed by atoms with Gasteiger partial charge >= 0.3 is 0 Å². The van der Waals surface area contributed by atoms with Crippen LogP contribution in [0.1, 0.15) is 64.7 Å². The molecule has 2 heteroatoms. The summed E-state index contributed by atoms with van der Waals surface area (Å²) < 4.78 is 0. The van der Waals surface area contributed by atoms with Crippen molar-refractivity contribution in [2.24, 2.45) is 5.92 Å². The molecule has 2 rings (SSSR count). The highest BCUT2D eigenvalue weighted by Gasteiger charge is 2.42. The predicted octanol–water partition coefficient (Wildman–Crippen LogP) is 2.85. The lowest BCUT2D eigenvalue weighted by molar-refractivity contribution is 0.101. The van der Waals surface area contributed by atoms with Crippen molar-refractivity contribution in [1.29, 1.82) is 0 Å². The van der Waals surface area contributed by atoms with Gasteiger partial charge in [0, 0.05) is 11.6 Å². The normalized spacial score (nSPS) is 36.8. The molecule has 0 radical (unpaired) electrons. The maximum Gasteiger partial charge on any atom is 0.0616 e. The zero-order valence-corrected chi connectivity index (χ0v) is 10.7. The van der Waals surface area contributed by atoms with Crippen molar-refractivity contribution in [2.75, 3.05) is 6.61 Å². The molecule has 94 valence electrons. The molecule has 2 saturated carbocycles. The molecule has 0 spiro atoms. The summed E-state index contributed by atoms with van der Waals surface area (Å²) in [5, 5.41) is 13.6. The van der Waals surface area contributed by atoms with Crippen LogP contribution in [0, 0.1) is 5.92 Å². The Morgan fingerprint density at radius 1 is 1.12 bits per heavy atom. The minimum absolute atomic E-state index is 0.0662. The van der Waals surface area contributed by atoms with Gasteiger partial charge in [-0.15, -0.1) is 0 Å². The summed E-state index contributed by atoms with van der Waals surface area (Å²) in [5.41, 5.74) is 0.0662. The van der Waals surface area contributed by atoms with Gasteiger partial charge in [-0.1, -0.05) is 39.0 Å². The van der Waals surface area contributed by atoms with Gasteiger partial charge in [-0.2, -0.15) is 0 Å². The van der Waals surface area contributed by atoms with E-state index in [1.54, 1.807) is 0 Å². The summed E-state index contributed by atoms with van der Waals surface area (Å²) >= 11 is 0. The number of hydrogen-bond acceptors (Lipinski definition) is 2. The Hall–Kier alpha value is -0.0800. The van der Waals surface area contributed by atoms with E-state index in [-0.39, 0.29) is 5.54 Å². The number of aliphatic hydroxyl groups excluding tert-OH is 1. The summed E-state index contributed by atoms with van der Waals surface area (Å²) in [6.07, 6.45) is 11.8. The molecule has 2 fully saturated rings. The van der Waals surface area contributed by atoms with Crippen LogP contribution in [0.4, 0.5) is 0 Å². The Labute approximate surface area is 99.8 Å². The molecule has 0 amide bonds. The van der Waals surface area contributed by atoms with Gasteiger partial charge in [0.15, 0.2) is 0 Å². The molecule has 0 aromatic carbocycles. The molecule has 0 bridgehead atoms. The second kappa shape index (κ2) is 5.50. The van der Waals surface area contributed by atoms with Gasteiger partial charge in [0.1, 0.15) is 0 Å². The Morgan fingerprint density at radius 3 is 2.50 bits per heavy atom. The largest absolute Gasteiger partial charge is 0.394 e. The average molecular weight is 225 g/mol. The molecule has 0 aliphatic heterocycles. The highest BCUT2D eigenvalue weighted by molar-refractivity contribution is 5.00. The van der Waals surface area contributed by atoms with Crippen LogP contribution in [0.15, 0.2) is 0 Å². The molecule has 2 atom stereocenters. The average Bonchev–Trinajstić information content (AvgIpc) is 2.74. The molecule has 2 aliphatic rings. The fourth-order valence-electron chi connectivity index (χ4n) is 3.84. The van der Waals surface area contributed by atoms with E-state index in [1.807, 2.05) is 0 Å². The maximum absolute atomic E-state index is 9.79. The summed E-state index contributed by atoms with van der Waals surface area (Å²) in [7, 11) is 0. The van der Waals surface area contributed by atoms with Gasteiger partial charge in [0.25, 0.3) is 0 Å². The molecule has 0 aromatic rings. The first kappa shape index (κ1) is 12.4. The van der Waals surface area contributed by atoms with Crippen LogP contribution in [-0.4, -0.2) is 23.3 Å². The zero-order chi connectivity index (χ0) is 11.4. The third-order valence-electron chi connectivity index (χ3n) is 4.83. The van der Waals surface area contributed by atoms with Crippen LogP contribution >= 0.6 is 0 Å². The fourth-order valence-corrected chi connectivity index (χ4v) is 3.84. The summed E-state index contributed by atoms with van der Waals surface area (Å²) in [4.78, 5) is 0. The van der Waals surface area contributed by atoms with E-state index in [4.69, 9.17) is 0 Å². The molecule has 2 aliphatic carbocycles. The molecule has 2 N–H and O–H groups in total. The summed E-state index contributed by atoms with van der Waals surface area (Å²) in [6.45, 7) is 2.60. The van der Waals surface area contributed by atoms with Gasteiger partial charge in [0.05, 0.1) is 6.61 Å². The van der Waals surface area contributed by atoms with Gasteiger partial charge in [-0.3, -0.25) is 0 Å². The number of nitrogens with one attached hydrogen (secondary N) is 1. The zero-order valence-electron chi connectivity index (χ0n) is 10.7. The maximum atomic E-state index is 9.79. The van der Waals surface area contributed by atoms with Crippen molar-refractivity contribution in [3.63, 3.8) is 0 Å². The van der Waals surface area contributed by atoms with Crippen molar-refractivity contribution in [1.82, 2.24) is 5.32 Å². The lowest BCUT2D eigenvalue weighted by Crippen LogP contribution is -2.55. The molecular weight excluding hydrogens is 198 g/mol. The highest BCUT2D eigenvalue weighted by atomic mass is 16.3. The standard InChI is InChI=1S/C14H27NO/c1-2-12-7-6-10-14(12,11-16)15-13-8-4-3-5-9-13/h12-13,15-16H,2-11H2,1H3. The molecule has 2 nitrogen and oxygen atoms in total. The molecule has 2 unspecified atom stereocenters. The van der Waals surface area contributed by atoms with E-state index >= 15 is 0 Å². The van der Waals surface area contributed by atoms with E-state index in [0.717, 1.165) is 0 Å². The number of hydrogen-bond donors (Lipinski definition) is 2. The Balaban J connectivity index is 1.97. The lowest BCUT2D eigenvalue weighted by atomic mass is 9.83. The third kappa shape index (κ3) is 2.43. The Morgan fingerprint density at radius 2 is 1.88 bits per heavy atom. The van der Waals surface area contributed by atoms with Gasteiger partial charge < -0.3 is 10.4 Å². The Bertz CT molecular complexity index is 213. The van der Waals surface area contributed by atoms with Crippen molar-refractivity contribution in [3.05, 3.63) is 0 Å². The van der Waals surface area contributed by atoms with Crippen LogP contribution in [0.3, 0.4) is 0 Å². The van der Waals surface area contributed by atoms with Crippen molar-refractivity contribution >= 4 is 0 Å². The Kier molecular flexibility index (Phi) is 4.26. The summed E-state index contributed by atoms with van der Waals surface area (Å²) in [6, 6.07) is 0.674. The van der Waals surface area contributed by atoms with E-state index < -0.39 is 0 Å². The van der Waals surface area contributed by atoms with E-state index in [9.17, 15) is 5.11 Å². The first-order valence-electron chi connectivity index (χ1n) is 7.19. The highest BCUT2D eigenvalue weighted by Crippen LogP contribution is 2.38. The second-order valence-electron chi connectivity index (χ2n) is 5.79. The number of aliphatic hydroxyl groups is 1. The van der Waals surface area contributed by atoms with Crippen LogP contribution in [-0.2, 0) is 0 Å². The topological polar surface area (TPSA) is 32.3 Å². The first-order chi connectivity index (χ1) is 7.80. The second-order valence-corrected chi connectivity index (χ2v) is 5.79. The minimum atomic E-state index is 0.0662. The molecule has 0 heterocycles. The van der Waals surface area contributed by atoms with Crippen LogP contribution in [0.25, 0.3) is 0 Å². The van der Waals surface area contributed by atoms with Crippen LogP contribution in [0.5, 0.6) is 0 Å². The van der Waals surface area contributed by atoms with Crippen molar-refractivity contribution in [2.45, 2.75) is 76.3 Å². The molecule has 0 aromatic heterocycles. The van der Waals surface area contributed by atoms with E-state index in [0.29, 0.717) is 18.6 Å². The van der Waals surface area contributed by atoms with Crippen LogP contribution < -0.4 is 5.32 Å². The van der Waals surface area contributed by atoms with Crippen LogP contribution in [0.2, 0.25) is 0 Å². The predicted molar refractivity (Wildman–Crippen MR) is 67.5 cm³/mol. The smallest absolute Gasteiger partial charge is 0.0616 e. The third-order valence-corrected chi connectivity index (χ3v) is 4.83. The lowest BCUT2D eigenvalue weighted by Gasteiger charge is -2.39. The van der Waals surface area contributed by atoms with E-state index in [2.05, 4.69) is 12.2 Å². The fraction of sp³-hybridized carbons (Fsp3) is 1.00. The quantitative estimate of drug-likeness (QED) is 0.771. The molecular formula is C14H27NO. The van der Waals surface area contributed by atoms with Gasteiger partial charge in [-0.05, 0) is 31.6 Å². The van der Waals surface area contributed by atoms with Gasteiger partial charge in [0.2, 0.25) is 0 Å². The van der Waals surface area contributed by atoms with Crippen molar-refractivity contribution < 1.29 is 5.11 Å². The van der Waals surface area contributed by atoms with Crippen molar-refractivity contribution in [3.8, 4) is 0 Å².